The number of benzene rings is 1. The number of methoxy groups -OCH3 is 1. The van der Waals surface area contributed by atoms with E-state index in [0.29, 0.717) is 24.3 Å². The minimum Gasteiger partial charge on any atom is -0.496 e. The lowest BCUT2D eigenvalue weighted by Gasteiger charge is -2.28. The first kappa shape index (κ1) is 22.0. The molecule has 0 spiro atoms. The maximum atomic E-state index is 13.4. The zero-order chi connectivity index (χ0) is 22.0. The van der Waals surface area contributed by atoms with E-state index in [0.717, 1.165) is 49.9 Å². The highest BCUT2D eigenvalue weighted by Gasteiger charge is 2.29. The summed E-state index contributed by atoms with van der Waals surface area (Å²) in [4.78, 5) is 30.6. The molecule has 1 aromatic heterocycles. The number of hydrogen-bond acceptors (Lipinski definition) is 5. The van der Waals surface area contributed by atoms with E-state index in [-0.39, 0.29) is 11.5 Å². The Kier molecular flexibility index (Phi) is 6.72. The van der Waals surface area contributed by atoms with Gasteiger partial charge in [0.1, 0.15) is 11.3 Å². The number of ether oxygens (including phenoxy) is 1. The molecule has 166 valence electrons. The van der Waals surface area contributed by atoms with E-state index in [1.807, 2.05) is 16.7 Å². The Labute approximate surface area is 188 Å². The molecule has 0 aliphatic carbocycles. The van der Waals surface area contributed by atoms with Crippen LogP contribution < -0.4 is 10.3 Å². The number of nitrogens with zero attached hydrogens (tertiary/aromatic N) is 3. The molecule has 0 saturated carbocycles. The van der Waals surface area contributed by atoms with Gasteiger partial charge in [-0.3, -0.25) is 14.5 Å². The molecule has 1 saturated heterocycles. The number of amides is 1. The molecule has 2 aromatic rings. The summed E-state index contributed by atoms with van der Waals surface area (Å²) in [5.74, 6) is 2.30. The number of hydrogen-bond donors (Lipinski definition) is 0. The van der Waals surface area contributed by atoms with Crippen LogP contribution in [0, 0.1) is 13.8 Å². The van der Waals surface area contributed by atoms with Crippen molar-refractivity contribution in [3.63, 3.8) is 0 Å². The lowest BCUT2D eigenvalue weighted by molar-refractivity contribution is 0.0766. The summed E-state index contributed by atoms with van der Waals surface area (Å²) in [6.07, 6.45) is 0.654. The molecular formula is C24H31N3O3S. The smallest absolute Gasteiger partial charge is 0.259 e. The van der Waals surface area contributed by atoms with Gasteiger partial charge in [-0.05, 0) is 25.0 Å². The van der Waals surface area contributed by atoms with Crippen molar-refractivity contribution < 1.29 is 9.53 Å². The van der Waals surface area contributed by atoms with Gasteiger partial charge in [0.2, 0.25) is 0 Å². The summed E-state index contributed by atoms with van der Waals surface area (Å²) in [5.41, 5.74) is 5.15. The quantitative estimate of drug-likeness (QED) is 0.730. The SMILES string of the molecule is COc1cc(=O)n2c(c1C(=O)N1CCSCC1)CCN(Cc1cc(C)ccc1C)CC2. The Bertz CT molecular complexity index is 1030. The van der Waals surface area contributed by atoms with Crippen LogP contribution in [-0.2, 0) is 19.5 Å². The van der Waals surface area contributed by atoms with E-state index in [2.05, 4.69) is 36.9 Å². The maximum Gasteiger partial charge on any atom is 0.259 e. The van der Waals surface area contributed by atoms with Gasteiger partial charge in [0.05, 0.1) is 7.11 Å². The predicted molar refractivity (Wildman–Crippen MR) is 125 cm³/mol. The Balaban J connectivity index is 1.63. The molecule has 3 heterocycles. The molecule has 0 N–H and O–H groups in total. The first-order chi connectivity index (χ1) is 15.0. The minimum absolute atomic E-state index is 0.0103. The number of rotatable bonds is 4. The fourth-order valence-electron chi connectivity index (χ4n) is 4.48. The van der Waals surface area contributed by atoms with Crippen molar-refractivity contribution in [2.75, 3.05) is 44.8 Å². The third-order valence-electron chi connectivity index (χ3n) is 6.32. The Morgan fingerprint density at radius 1 is 1.06 bits per heavy atom. The molecule has 2 aliphatic heterocycles. The molecule has 2 aliphatic rings. The van der Waals surface area contributed by atoms with Crippen LogP contribution in [0.25, 0.3) is 0 Å². The van der Waals surface area contributed by atoms with Crippen LogP contribution in [0.5, 0.6) is 5.75 Å². The van der Waals surface area contributed by atoms with E-state index >= 15 is 0 Å². The molecule has 4 rings (SSSR count). The number of thioether (sulfide) groups is 1. The van der Waals surface area contributed by atoms with E-state index < -0.39 is 0 Å². The van der Waals surface area contributed by atoms with Gasteiger partial charge in [0.15, 0.2) is 0 Å². The number of carbonyl (C=O) groups is 1. The Morgan fingerprint density at radius 3 is 2.58 bits per heavy atom. The fourth-order valence-corrected chi connectivity index (χ4v) is 5.38. The molecule has 31 heavy (non-hydrogen) atoms. The number of pyridine rings is 1. The van der Waals surface area contributed by atoms with Gasteiger partial charge in [-0.1, -0.05) is 23.8 Å². The lowest BCUT2D eigenvalue weighted by atomic mass is 10.0. The largest absolute Gasteiger partial charge is 0.496 e. The highest BCUT2D eigenvalue weighted by molar-refractivity contribution is 7.99. The summed E-state index contributed by atoms with van der Waals surface area (Å²) in [5, 5.41) is 0. The molecule has 0 radical (unpaired) electrons. The molecule has 0 atom stereocenters. The van der Waals surface area contributed by atoms with Crippen molar-refractivity contribution in [1.82, 2.24) is 14.4 Å². The van der Waals surface area contributed by atoms with E-state index in [4.69, 9.17) is 4.74 Å². The van der Waals surface area contributed by atoms with Crippen LogP contribution in [0.15, 0.2) is 29.1 Å². The van der Waals surface area contributed by atoms with Crippen molar-refractivity contribution in [3.8, 4) is 5.75 Å². The third kappa shape index (κ3) is 4.67. The maximum absolute atomic E-state index is 13.4. The van der Waals surface area contributed by atoms with Crippen LogP contribution in [-0.4, -0.2) is 65.1 Å². The van der Waals surface area contributed by atoms with Crippen LogP contribution in [0.3, 0.4) is 0 Å². The summed E-state index contributed by atoms with van der Waals surface area (Å²) in [6.45, 7) is 8.75. The standard InChI is InChI=1S/C24H31N3O3S/c1-17-4-5-18(2)19(14-17)16-25-7-6-20-23(24(29)26-10-12-31-13-11-26)21(30-3)15-22(28)27(20)9-8-25/h4-5,14-15H,6-13,16H2,1-3H3. The summed E-state index contributed by atoms with van der Waals surface area (Å²) >= 11 is 1.87. The van der Waals surface area contributed by atoms with Gasteiger partial charge in [-0.25, -0.2) is 0 Å². The monoisotopic (exact) mass is 441 g/mol. The van der Waals surface area contributed by atoms with E-state index in [9.17, 15) is 9.59 Å². The lowest BCUT2D eigenvalue weighted by Crippen LogP contribution is -2.39. The molecule has 1 aromatic carbocycles. The fraction of sp³-hybridized carbons (Fsp3) is 0.500. The van der Waals surface area contributed by atoms with Gasteiger partial charge in [-0.2, -0.15) is 11.8 Å². The van der Waals surface area contributed by atoms with Crippen LogP contribution in [0.4, 0.5) is 0 Å². The van der Waals surface area contributed by atoms with Crippen LogP contribution in [0.2, 0.25) is 0 Å². The number of aromatic nitrogens is 1. The first-order valence-electron chi connectivity index (χ1n) is 10.9. The summed E-state index contributed by atoms with van der Waals surface area (Å²) in [6, 6.07) is 8.03. The minimum atomic E-state index is -0.0915. The highest BCUT2D eigenvalue weighted by atomic mass is 32.2. The molecule has 1 amide bonds. The number of carbonyl (C=O) groups excluding carboxylic acids is 1. The zero-order valence-electron chi connectivity index (χ0n) is 18.6. The zero-order valence-corrected chi connectivity index (χ0v) is 19.5. The molecular weight excluding hydrogens is 410 g/mol. The average molecular weight is 442 g/mol. The van der Waals surface area contributed by atoms with Crippen LogP contribution in [0.1, 0.15) is 32.7 Å². The first-order valence-corrected chi connectivity index (χ1v) is 12.1. The number of fused-ring (bicyclic) bond motifs is 1. The van der Waals surface area contributed by atoms with Crippen molar-refractivity contribution >= 4 is 17.7 Å². The van der Waals surface area contributed by atoms with Crippen molar-refractivity contribution in [2.45, 2.75) is 33.4 Å². The van der Waals surface area contributed by atoms with Crippen molar-refractivity contribution in [3.05, 3.63) is 62.6 Å². The van der Waals surface area contributed by atoms with Gasteiger partial charge >= 0.3 is 0 Å². The molecule has 6 nitrogen and oxygen atoms in total. The van der Waals surface area contributed by atoms with Gasteiger partial charge in [0, 0.05) is 69.0 Å². The van der Waals surface area contributed by atoms with Gasteiger partial charge < -0.3 is 14.2 Å². The summed E-state index contributed by atoms with van der Waals surface area (Å²) in [7, 11) is 1.54. The van der Waals surface area contributed by atoms with Crippen LogP contribution >= 0.6 is 11.8 Å². The second-order valence-electron chi connectivity index (χ2n) is 8.38. The van der Waals surface area contributed by atoms with Gasteiger partial charge in [-0.15, -0.1) is 0 Å². The molecule has 1 fully saturated rings. The summed E-state index contributed by atoms with van der Waals surface area (Å²) < 4.78 is 7.31. The number of aryl methyl sites for hydroxylation is 2. The topological polar surface area (TPSA) is 54.8 Å². The highest BCUT2D eigenvalue weighted by Crippen LogP contribution is 2.26. The third-order valence-corrected chi connectivity index (χ3v) is 7.26. The predicted octanol–water partition coefficient (Wildman–Crippen LogP) is 2.72. The average Bonchev–Trinajstić information content (AvgIpc) is 2.99. The second kappa shape index (κ2) is 9.49. The molecule has 0 bridgehead atoms. The molecule has 0 unspecified atom stereocenters. The Hall–Kier alpha value is -2.25. The molecule has 7 heteroatoms. The van der Waals surface area contributed by atoms with Crippen molar-refractivity contribution in [2.24, 2.45) is 0 Å². The van der Waals surface area contributed by atoms with E-state index in [1.165, 1.54) is 29.9 Å². The Morgan fingerprint density at radius 2 is 1.84 bits per heavy atom. The normalized spacial score (nSPS) is 17.2. The van der Waals surface area contributed by atoms with E-state index in [1.54, 1.807) is 4.57 Å². The van der Waals surface area contributed by atoms with Gasteiger partial charge in [0.25, 0.3) is 11.5 Å². The second-order valence-corrected chi connectivity index (χ2v) is 9.61. The van der Waals surface area contributed by atoms with Crippen molar-refractivity contribution in [1.29, 1.82) is 0 Å².